The maximum Gasteiger partial charge on any atom is 0.306 e. The highest BCUT2D eigenvalue weighted by molar-refractivity contribution is 8.05. The number of rotatable bonds is 12. The number of hydrogen-bond acceptors (Lipinski definition) is 10. The van der Waals surface area contributed by atoms with Crippen LogP contribution in [0, 0.1) is 0 Å². The predicted molar refractivity (Wildman–Crippen MR) is 86.4 cm³/mol. The van der Waals surface area contributed by atoms with Crippen LogP contribution in [0.25, 0.3) is 0 Å². The third kappa shape index (κ3) is 6.23. The number of nitrogens with two attached hydrogens (primary N) is 3. The van der Waals surface area contributed by atoms with Crippen molar-refractivity contribution in [3.8, 4) is 0 Å². The summed E-state index contributed by atoms with van der Waals surface area (Å²) in [5.74, 6) is -4.26. The topological polar surface area (TPSA) is 221 Å². The molecule has 0 aromatic carbocycles. The lowest BCUT2D eigenvalue weighted by Crippen LogP contribution is -2.52. The first kappa shape index (κ1) is 23.2. The minimum absolute atomic E-state index is 0.293. The lowest BCUT2D eigenvalue weighted by Gasteiger charge is -2.28. The molecule has 24 heavy (non-hydrogen) atoms. The quantitative estimate of drug-likeness (QED) is 0.243. The summed E-state index contributed by atoms with van der Waals surface area (Å²) in [6.45, 7) is -1.43. The number of sulfonamides is 2. The molecule has 1 unspecified atom stereocenters. The van der Waals surface area contributed by atoms with E-state index in [1.807, 2.05) is 0 Å². The predicted octanol–water partition coefficient (Wildman–Crippen LogP) is -3.96. The molecule has 0 fully saturated rings. The molecule has 0 spiro atoms. The number of nitrogens with zero attached hydrogens (tertiary/aromatic N) is 1. The van der Waals surface area contributed by atoms with E-state index in [0.29, 0.717) is 0 Å². The van der Waals surface area contributed by atoms with Crippen molar-refractivity contribution < 1.29 is 35.2 Å². The molecule has 144 valence electrons. The van der Waals surface area contributed by atoms with Gasteiger partial charge in [0.1, 0.15) is 0 Å². The van der Waals surface area contributed by atoms with Crippen molar-refractivity contribution in [2.45, 2.75) is 11.8 Å². The Morgan fingerprint density at radius 1 is 0.833 bits per heavy atom. The van der Waals surface area contributed by atoms with Crippen molar-refractivity contribution in [3.63, 3.8) is 0 Å². The van der Waals surface area contributed by atoms with Crippen LogP contribution in [-0.4, -0.2) is 82.3 Å². The third-order valence-electron chi connectivity index (χ3n) is 2.70. The first-order valence-electron chi connectivity index (χ1n) is 6.64. The largest absolute Gasteiger partial charge is 0.481 e. The van der Waals surface area contributed by atoms with Crippen molar-refractivity contribution in [1.29, 1.82) is 0 Å². The molecule has 1 atom stereocenters. The summed E-state index contributed by atoms with van der Waals surface area (Å²) in [5, 5.41) is 6.54. The Kier molecular flexibility index (Phi) is 8.71. The van der Waals surface area contributed by atoms with Crippen molar-refractivity contribution in [3.05, 3.63) is 0 Å². The van der Waals surface area contributed by atoms with Crippen LogP contribution in [0.15, 0.2) is 0 Å². The van der Waals surface area contributed by atoms with Crippen LogP contribution in [0.4, 0.5) is 0 Å². The van der Waals surface area contributed by atoms with Crippen molar-refractivity contribution >= 4 is 35.9 Å². The first-order chi connectivity index (χ1) is 10.9. The van der Waals surface area contributed by atoms with Gasteiger partial charge in [-0.25, -0.2) is 25.3 Å². The van der Waals surface area contributed by atoms with Gasteiger partial charge in [0.15, 0.2) is 15.2 Å². The average molecular weight is 410 g/mol. The molecular weight excluding hydrogens is 388 g/mol. The maximum atomic E-state index is 12.3. The molecular formula is C9H22N4O8S3. The summed E-state index contributed by atoms with van der Waals surface area (Å²) < 4.78 is 73.2. The van der Waals surface area contributed by atoms with Crippen LogP contribution in [0.3, 0.4) is 0 Å². The molecule has 0 aromatic rings. The molecule has 0 saturated heterocycles. The molecule has 0 aliphatic carbocycles. The van der Waals surface area contributed by atoms with E-state index in [0.717, 1.165) is 0 Å². The van der Waals surface area contributed by atoms with Gasteiger partial charge in [-0.05, 0) is 0 Å². The fraction of sp³-hybridized carbons (Fsp3) is 0.889. The Morgan fingerprint density at radius 3 is 1.50 bits per heavy atom. The van der Waals surface area contributed by atoms with Crippen LogP contribution < -0.4 is 17.2 Å². The number of sulfone groups is 1. The Morgan fingerprint density at radius 2 is 1.21 bits per heavy atom. The molecule has 0 radical (unpaired) electrons. The number of hydrogen-bond donors (Lipinski definition) is 4. The van der Waals surface area contributed by atoms with E-state index in [1.165, 1.54) is 0 Å². The summed E-state index contributed by atoms with van der Waals surface area (Å²) in [7, 11) is -13.9. The highest BCUT2D eigenvalue weighted by Crippen LogP contribution is 2.22. The minimum Gasteiger partial charge on any atom is -0.481 e. The van der Waals surface area contributed by atoms with Gasteiger partial charge in [-0.2, -0.15) is 0 Å². The van der Waals surface area contributed by atoms with Crippen molar-refractivity contribution in [2.75, 3.05) is 36.9 Å². The van der Waals surface area contributed by atoms with E-state index in [-0.39, 0.29) is 3.71 Å². The zero-order valence-corrected chi connectivity index (χ0v) is 15.2. The third-order valence-corrected chi connectivity index (χ3v) is 9.45. The average Bonchev–Trinajstić information content (AvgIpc) is 2.36. The van der Waals surface area contributed by atoms with Gasteiger partial charge < -0.3 is 22.3 Å². The van der Waals surface area contributed by atoms with Crippen LogP contribution >= 0.6 is 0 Å². The van der Waals surface area contributed by atoms with Gasteiger partial charge in [-0.1, -0.05) is 3.71 Å². The van der Waals surface area contributed by atoms with E-state index in [4.69, 9.17) is 22.3 Å². The van der Waals surface area contributed by atoms with Gasteiger partial charge in [0, 0.05) is 19.6 Å². The van der Waals surface area contributed by atoms with Crippen LogP contribution in [-0.2, 0) is 34.7 Å². The summed E-state index contributed by atoms with van der Waals surface area (Å²) in [5.41, 5.74) is 15.4. The van der Waals surface area contributed by atoms with Gasteiger partial charge in [-0.3, -0.25) is 4.79 Å². The van der Waals surface area contributed by atoms with Gasteiger partial charge in [0.25, 0.3) is 0 Å². The molecule has 0 aliphatic rings. The summed E-state index contributed by atoms with van der Waals surface area (Å²) in [6.07, 6.45) is -1.27. The summed E-state index contributed by atoms with van der Waals surface area (Å²) in [6, 6.07) is 0. The second-order valence-corrected chi connectivity index (χ2v) is 11.1. The molecule has 0 heterocycles. The van der Waals surface area contributed by atoms with Crippen molar-refractivity contribution in [2.24, 2.45) is 17.2 Å². The van der Waals surface area contributed by atoms with Crippen LogP contribution in [0.5, 0.6) is 0 Å². The molecule has 0 aliphatic heterocycles. The SMILES string of the molecule is NCCS(=O)(=O)C(CC(=O)O)N(S(=O)(=O)CCN)S(=O)(=O)CCN. The number of carboxylic acid groups (broad SMARTS) is 1. The van der Waals surface area contributed by atoms with Crippen LogP contribution in [0.1, 0.15) is 6.42 Å². The number of aliphatic carboxylic acids is 1. The fourth-order valence-corrected chi connectivity index (χ4v) is 8.28. The second-order valence-electron chi connectivity index (χ2n) is 4.64. The lowest BCUT2D eigenvalue weighted by atomic mass is 10.4. The maximum absolute atomic E-state index is 12.3. The second kappa shape index (κ2) is 9.02. The normalized spacial score (nSPS) is 14.7. The van der Waals surface area contributed by atoms with E-state index in [9.17, 15) is 30.0 Å². The monoisotopic (exact) mass is 410 g/mol. The van der Waals surface area contributed by atoms with E-state index in [2.05, 4.69) is 0 Å². The number of carboxylic acids is 1. The van der Waals surface area contributed by atoms with Crippen LogP contribution in [0.2, 0.25) is 0 Å². The summed E-state index contributed by atoms with van der Waals surface area (Å²) in [4.78, 5) is 11.0. The van der Waals surface area contributed by atoms with E-state index < -0.39 is 84.5 Å². The van der Waals surface area contributed by atoms with Gasteiger partial charge in [0.2, 0.25) is 20.0 Å². The minimum atomic E-state index is -4.72. The molecule has 7 N–H and O–H groups in total. The van der Waals surface area contributed by atoms with Crippen molar-refractivity contribution in [1.82, 2.24) is 3.71 Å². The first-order valence-corrected chi connectivity index (χ1v) is 11.6. The Balaban J connectivity index is 6.46. The summed E-state index contributed by atoms with van der Waals surface area (Å²) >= 11 is 0. The smallest absolute Gasteiger partial charge is 0.306 e. The molecule has 0 bridgehead atoms. The van der Waals surface area contributed by atoms with Gasteiger partial charge in [-0.15, -0.1) is 0 Å². The molecule has 0 saturated carbocycles. The van der Waals surface area contributed by atoms with Gasteiger partial charge >= 0.3 is 5.97 Å². The molecule has 0 aromatic heterocycles. The lowest BCUT2D eigenvalue weighted by molar-refractivity contribution is -0.137. The molecule has 12 nitrogen and oxygen atoms in total. The van der Waals surface area contributed by atoms with E-state index in [1.54, 1.807) is 0 Å². The zero-order valence-electron chi connectivity index (χ0n) is 12.7. The Labute approximate surface area is 141 Å². The highest BCUT2D eigenvalue weighted by Gasteiger charge is 2.46. The van der Waals surface area contributed by atoms with Gasteiger partial charge in [0.05, 0.1) is 23.7 Å². The highest BCUT2D eigenvalue weighted by atomic mass is 32.3. The standard InChI is InChI=1S/C9H22N4O8S3/c10-1-4-22(16,17)8(7-9(14)15)13(23(18,19)5-2-11)24(20,21)6-3-12/h8H,1-7,10-12H2,(H,14,15). The molecule has 0 amide bonds. The number of carbonyl (C=O) groups is 1. The fourth-order valence-electron chi connectivity index (χ4n) is 1.79. The van der Waals surface area contributed by atoms with E-state index >= 15 is 0 Å². The Hall–Kier alpha value is -0.840. The Bertz CT molecular complexity index is 695. The molecule has 0 rings (SSSR count). The zero-order chi connectivity index (χ0) is 19.2. The molecule has 15 heteroatoms.